The van der Waals surface area contributed by atoms with Crippen LogP contribution in [-0.2, 0) is 18.4 Å². The van der Waals surface area contributed by atoms with Crippen molar-refractivity contribution in [2.75, 3.05) is 13.1 Å². The number of hydrogen-bond donors (Lipinski definition) is 0. The van der Waals surface area contributed by atoms with Crippen molar-refractivity contribution in [2.24, 2.45) is 7.05 Å². The molecule has 1 aromatic carbocycles. The van der Waals surface area contributed by atoms with Crippen LogP contribution in [0.4, 0.5) is 4.39 Å². The summed E-state index contributed by atoms with van der Waals surface area (Å²) in [5.41, 5.74) is 1.67. The Kier molecular flexibility index (Phi) is 4.31. The molecule has 3 heterocycles. The van der Waals surface area contributed by atoms with E-state index in [2.05, 4.69) is 10.1 Å². The molecule has 0 radical (unpaired) electrons. The largest absolute Gasteiger partial charge is 0.337 e. The molecule has 2 aromatic heterocycles. The summed E-state index contributed by atoms with van der Waals surface area (Å²) in [6.07, 6.45) is 5.26. The summed E-state index contributed by atoms with van der Waals surface area (Å²) in [6.45, 7) is 0.787. The lowest BCUT2D eigenvalue weighted by molar-refractivity contribution is -0.131. The van der Waals surface area contributed by atoms with E-state index in [1.54, 1.807) is 30.1 Å². The third-order valence-electron chi connectivity index (χ3n) is 4.81. The van der Waals surface area contributed by atoms with E-state index in [1.807, 2.05) is 6.08 Å². The maximum atomic E-state index is 13.9. The van der Waals surface area contributed by atoms with Crippen LogP contribution in [0, 0.1) is 5.82 Å². The first-order valence-corrected chi connectivity index (χ1v) is 8.63. The van der Waals surface area contributed by atoms with Crippen LogP contribution in [0.15, 0.2) is 47.7 Å². The zero-order chi connectivity index (χ0) is 19.0. The molecule has 0 spiro atoms. The number of hydrogen-bond acceptors (Lipinski definition) is 4. The molecule has 0 aliphatic carbocycles. The van der Waals surface area contributed by atoms with E-state index in [0.29, 0.717) is 36.1 Å². The van der Waals surface area contributed by atoms with E-state index in [9.17, 15) is 14.0 Å². The van der Waals surface area contributed by atoms with Gasteiger partial charge in [0.1, 0.15) is 24.1 Å². The molecule has 1 aliphatic rings. The minimum Gasteiger partial charge on any atom is -0.337 e. The van der Waals surface area contributed by atoms with Gasteiger partial charge in [0.05, 0.1) is 6.20 Å². The van der Waals surface area contributed by atoms with Crippen molar-refractivity contribution in [3.05, 3.63) is 64.6 Å². The van der Waals surface area contributed by atoms with Crippen LogP contribution in [0.2, 0.25) is 0 Å². The highest BCUT2D eigenvalue weighted by atomic mass is 19.1. The van der Waals surface area contributed by atoms with Crippen LogP contribution in [0.3, 0.4) is 0 Å². The molecule has 0 saturated heterocycles. The van der Waals surface area contributed by atoms with Crippen molar-refractivity contribution in [2.45, 2.75) is 13.0 Å². The van der Waals surface area contributed by atoms with Crippen LogP contribution in [0.25, 0.3) is 16.6 Å². The van der Waals surface area contributed by atoms with E-state index >= 15 is 0 Å². The molecule has 0 atom stereocenters. The number of carbonyl (C=O) groups is 1. The Morgan fingerprint density at radius 2 is 2.11 bits per heavy atom. The lowest BCUT2D eigenvalue weighted by atomic mass is 9.99. The summed E-state index contributed by atoms with van der Waals surface area (Å²) in [4.78, 5) is 30.9. The number of halogens is 1. The summed E-state index contributed by atoms with van der Waals surface area (Å²) in [5.74, 6) is -0.433. The van der Waals surface area contributed by atoms with E-state index in [4.69, 9.17) is 0 Å². The van der Waals surface area contributed by atoms with E-state index < -0.39 is 0 Å². The zero-order valence-electron chi connectivity index (χ0n) is 14.8. The number of aromatic nitrogens is 4. The molecule has 0 bridgehead atoms. The number of aryl methyl sites for hydroxylation is 1. The molecule has 27 heavy (non-hydrogen) atoms. The predicted octanol–water partition coefficient (Wildman–Crippen LogP) is 1.58. The highest BCUT2D eigenvalue weighted by molar-refractivity contribution is 5.79. The smallest absolute Gasteiger partial charge is 0.264 e. The fraction of sp³-hybridized carbons (Fsp3) is 0.263. The summed E-state index contributed by atoms with van der Waals surface area (Å²) < 4.78 is 16.7. The van der Waals surface area contributed by atoms with E-state index in [-0.39, 0.29) is 23.8 Å². The standard InChI is InChI=1S/C19H18FN5O2/c1-23-18-15(10-22-23)19(27)25(12-21-18)11-17(26)24-8-6-13(7-9-24)14-4-2-3-5-16(14)20/h2-6,10,12H,7-9,11H2,1H3. The van der Waals surface area contributed by atoms with Gasteiger partial charge in [-0.1, -0.05) is 24.3 Å². The second kappa shape index (κ2) is 6.79. The summed E-state index contributed by atoms with van der Waals surface area (Å²) in [7, 11) is 1.71. The first kappa shape index (κ1) is 17.1. The Morgan fingerprint density at radius 1 is 1.30 bits per heavy atom. The Balaban J connectivity index is 1.50. The lowest BCUT2D eigenvalue weighted by Crippen LogP contribution is -2.39. The SMILES string of the molecule is Cn1ncc2c(=O)n(CC(=O)N3CC=C(c4ccccc4F)CC3)cnc21. The van der Waals surface area contributed by atoms with Gasteiger partial charge >= 0.3 is 0 Å². The predicted molar refractivity (Wildman–Crippen MR) is 98.3 cm³/mol. The Bertz CT molecular complexity index is 1110. The molecule has 3 aromatic rings. The van der Waals surface area contributed by atoms with Crippen LogP contribution in [0.1, 0.15) is 12.0 Å². The normalized spacial score (nSPS) is 14.4. The second-order valence-corrected chi connectivity index (χ2v) is 6.48. The molecule has 0 saturated carbocycles. The third kappa shape index (κ3) is 3.14. The molecule has 1 amide bonds. The average Bonchev–Trinajstić information content (AvgIpc) is 3.06. The van der Waals surface area contributed by atoms with Crippen LogP contribution >= 0.6 is 0 Å². The van der Waals surface area contributed by atoms with Crippen molar-refractivity contribution in [3.63, 3.8) is 0 Å². The molecule has 0 fully saturated rings. The lowest BCUT2D eigenvalue weighted by Gasteiger charge is -2.27. The summed E-state index contributed by atoms with van der Waals surface area (Å²) in [5, 5.41) is 4.40. The van der Waals surface area contributed by atoms with Gasteiger partial charge in [-0.3, -0.25) is 18.8 Å². The van der Waals surface area contributed by atoms with Gasteiger partial charge in [0, 0.05) is 25.7 Å². The van der Waals surface area contributed by atoms with E-state index in [1.165, 1.54) is 27.8 Å². The van der Waals surface area contributed by atoms with Gasteiger partial charge in [-0.15, -0.1) is 0 Å². The molecule has 138 valence electrons. The fourth-order valence-electron chi connectivity index (χ4n) is 3.29. The quantitative estimate of drug-likeness (QED) is 0.705. The minimum absolute atomic E-state index is 0.0838. The number of nitrogens with zero attached hydrogens (tertiary/aromatic N) is 5. The molecule has 0 N–H and O–H groups in total. The topological polar surface area (TPSA) is 73.0 Å². The molecule has 4 rings (SSSR count). The van der Waals surface area contributed by atoms with Crippen molar-refractivity contribution >= 4 is 22.5 Å². The van der Waals surface area contributed by atoms with Gasteiger partial charge in [0.25, 0.3) is 5.56 Å². The summed E-state index contributed by atoms with van der Waals surface area (Å²) in [6, 6.07) is 6.63. The number of fused-ring (bicyclic) bond motifs is 1. The highest BCUT2D eigenvalue weighted by Gasteiger charge is 2.20. The molecule has 8 heteroatoms. The minimum atomic E-state index is -0.291. The average molecular weight is 367 g/mol. The number of carbonyl (C=O) groups excluding carboxylic acids is 1. The highest BCUT2D eigenvalue weighted by Crippen LogP contribution is 2.24. The van der Waals surface area contributed by atoms with Crippen LogP contribution < -0.4 is 5.56 Å². The van der Waals surface area contributed by atoms with E-state index in [0.717, 1.165) is 5.57 Å². The number of rotatable bonds is 3. The van der Waals surface area contributed by atoms with Crippen molar-refractivity contribution in [1.82, 2.24) is 24.2 Å². The Labute approximate surface area is 154 Å². The first-order valence-electron chi connectivity index (χ1n) is 8.63. The van der Waals surface area contributed by atoms with Crippen molar-refractivity contribution < 1.29 is 9.18 Å². The maximum Gasteiger partial charge on any atom is 0.264 e. The monoisotopic (exact) mass is 367 g/mol. The third-order valence-corrected chi connectivity index (χ3v) is 4.81. The van der Waals surface area contributed by atoms with Gasteiger partial charge in [-0.2, -0.15) is 5.10 Å². The molecule has 0 unspecified atom stereocenters. The van der Waals surface area contributed by atoms with Crippen LogP contribution in [-0.4, -0.2) is 43.2 Å². The maximum absolute atomic E-state index is 13.9. The van der Waals surface area contributed by atoms with Crippen molar-refractivity contribution in [3.8, 4) is 0 Å². The molecule has 7 nitrogen and oxygen atoms in total. The van der Waals surface area contributed by atoms with Crippen LogP contribution in [0.5, 0.6) is 0 Å². The van der Waals surface area contributed by atoms with Gasteiger partial charge < -0.3 is 4.90 Å². The van der Waals surface area contributed by atoms with Gasteiger partial charge in [0.2, 0.25) is 5.91 Å². The molecule has 1 aliphatic heterocycles. The molecular weight excluding hydrogens is 349 g/mol. The fourth-order valence-corrected chi connectivity index (χ4v) is 3.29. The Hall–Kier alpha value is -3.29. The van der Waals surface area contributed by atoms with Gasteiger partial charge in [-0.25, -0.2) is 9.37 Å². The van der Waals surface area contributed by atoms with Crippen molar-refractivity contribution in [1.29, 1.82) is 0 Å². The zero-order valence-corrected chi connectivity index (χ0v) is 14.8. The van der Waals surface area contributed by atoms with Gasteiger partial charge in [0.15, 0.2) is 5.65 Å². The first-order chi connectivity index (χ1) is 13.0. The Morgan fingerprint density at radius 3 is 2.85 bits per heavy atom. The number of benzene rings is 1. The van der Waals surface area contributed by atoms with Gasteiger partial charge in [-0.05, 0) is 18.1 Å². The second-order valence-electron chi connectivity index (χ2n) is 6.48. The number of amides is 1. The molecular formula is C19H18FN5O2. The summed E-state index contributed by atoms with van der Waals surface area (Å²) >= 11 is 0.